The molecule has 1 heterocycles. The van der Waals surface area contributed by atoms with Crippen LogP contribution in [0.25, 0.3) is 0 Å². The van der Waals surface area contributed by atoms with Crippen molar-refractivity contribution in [3.05, 3.63) is 0 Å². The Morgan fingerprint density at radius 1 is 1.15 bits per heavy atom. The van der Waals surface area contributed by atoms with Crippen LogP contribution in [0.3, 0.4) is 0 Å². The maximum atomic E-state index is 12.4. The smallest absolute Gasteiger partial charge is 0.214 e. The number of rotatable bonds is 7. The number of nitrogens with zero attached hydrogens (tertiary/aromatic N) is 1. The van der Waals surface area contributed by atoms with Gasteiger partial charge < -0.3 is 5.32 Å². The molecular weight excluding hydrogens is 272 g/mol. The summed E-state index contributed by atoms with van der Waals surface area (Å²) in [6, 6.07) is 0.722. The van der Waals surface area contributed by atoms with Crippen LogP contribution < -0.4 is 5.32 Å². The van der Waals surface area contributed by atoms with Gasteiger partial charge >= 0.3 is 0 Å². The van der Waals surface area contributed by atoms with Crippen LogP contribution in [0, 0.1) is 5.41 Å². The van der Waals surface area contributed by atoms with E-state index in [2.05, 4.69) is 19.2 Å². The largest absolute Gasteiger partial charge is 0.314 e. The molecule has 0 unspecified atom stereocenters. The van der Waals surface area contributed by atoms with Crippen LogP contribution in [0.2, 0.25) is 0 Å². The molecule has 0 bridgehead atoms. The van der Waals surface area contributed by atoms with Crippen LogP contribution in [0.4, 0.5) is 0 Å². The standard InChI is InChI=1S/C15H30N2O2S/c1-15(2)8-5-11-17(12-9-15)20(18,19)13-4-3-10-16-14-6-7-14/h14,16H,3-13H2,1-2H3. The summed E-state index contributed by atoms with van der Waals surface area (Å²) >= 11 is 0. The van der Waals surface area contributed by atoms with Crippen molar-refractivity contribution >= 4 is 10.0 Å². The van der Waals surface area contributed by atoms with Gasteiger partial charge in [-0.2, -0.15) is 0 Å². The first kappa shape index (κ1) is 16.2. The van der Waals surface area contributed by atoms with Crippen LogP contribution in [0.1, 0.15) is 58.8 Å². The first-order chi connectivity index (χ1) is 9.39. The average molecular weight is 302 g/mol. The number of sulfonamides is 1. The predicted molar refractivity (Wildman–Crippen MR) is 83.3 cm³/mol. The quantitative estimate of drug-likeness (QED) is 0.735. The Kier molecular flexibility index (Phi) is 5.49. The second kappa shape index (κ2) is 6.75. The summed E-state index contributed by atoms with van der Waals surface area (Å²) in [5.74, 6) is 0.319. The highest BCUT2D eigenvalue weighted by atomic mass is 32.2. The van der Waals surface area contributed by atoms with E-state index in [-0.39, 0.29) is 0 Å². The van der Waals surface area contributed by atoms with E-state index >= 15 is 0 Å². The predicted octanol–water partition coefficient (Wildman–Crippen LogP) is 2.36. The van der Waals surface area contributed by atoms with Crippen molar-refractivity contribution < 1.29 is 8.42 Å². The van der Waals surface area contributed by atoms with Crippen molar-refractivity contribution in [2.24, 2.45) is 5.41 Å². The van der Waals surface area contributed by atoms with Gasteiger partial charge in [-0.3, -0.25) is 0 Å². The van der Waals surface area contributed by atoms with E-state index in [9.17, 15) is 8.42 Å². The Balaban J connectivity index is 1.71. The third-order valence-corrected chi connectivity index (χ3v) is 6.49. The Morgan fingerprint density at radius 2 is 1.90 bits per heavy atom. The van der Waals surface area contributed by atoms with Crippen LogP contribution in [0.15, 0.2) is 0 Å². The highest BCUT2D eigenvalue weighted by Gasteiger charge is 2.28. The molecule has 20 heavy (non-hydrogen) atoms. The average Bonchev–Trinajstić information content (AvgIpc) is 3.16. The molecule has 1 aliphatic heterocycles. The third-order valence-electron chi connectivity index (χ3n) is 4.53. The molecule has 0 radical (unpaired) electrons. The van der Waals surface area contributed by atoms with Gasteiger partial charge in [0.05, 0.1) is 5.75 Å². The summed E-state index contributed by atoms with van der Waals surface area (Å²) in [7, 11) is -3.04. The fraction of sp³-hybridized carbons (Fsp3) is 1.00. The van der Waals surface area contributed by atoms with Gasteiger partial charge in [0, 0.05) is 19.1 Å². The lowest BCUT2D eigenvalue weighted by Gasteiger charge is -2.23. The lowest BCUT2D eigenvalue weighted by molar-refractivity contribution is 0.314. The zero-order valence-electron chi connectivity index (χ0n) is 13.0. The van der Waals surface area contributed by atoms with Gasteiger partial charge in [-0.15, -0.1) is 0 Å². The van der Waals surface area contributed by atoms with Gasteiger partial charge in [0.1, 0.15) is 0 Å². The summed E-state index contributed by atoms with van der Waals surface area (Å²) in [5, 5.41) is 3.43. The molecule has 0 amide bonds. The number of hydrogen-bond acceptors (Lipinski definition) is 3. The summed E-state index contributed by atoms with van der Waals surface area (Å²) < 4.78 is 26.5. The van der Waals surface area contributed by atoms with Gasteiger partial charge in [-0.1, -0.05) is 13.8 Å². The van der Waals surface area contributed by atoms with Crippen LogP contribution in [0.5, 0.6) is 0 Å². The molecule has 5 heteroatoms. The zero-order chi connectivity index (χ0) is 14.6. The number of unbranched alkanes of at least 4 members (excludes halogenated alkanes) is 1. The normalized spacial score (nSPS) is 24.5. The van der Waals surface area contributed by atoms with E-state index in [1.807, 2.05) is 0 Å². The molecule has 4 nitrogen and oxygen atoms in total. The lowest BCUT2D eigenvalue weighted by atomic mass is 9.85. The topological polar surface area (TPSA) is 49.4 Å². The van der Waals surface area contributed by atoms with Crippen molar-refractivity contribution in [3.63, 3.8) is 0 Å². The molecule has 0 aromatic rings. The SMILES string of the molecule is CC1(C)CCCN(S(=O)(=O)CCCCNC2CC2)CC1. The fourth-order valence-corrected chi connectivity index (χ4v) is 4.41. The molecule has 1 saturated heterocycles. The molecule has 2 rings (SSSR count). The second-order valence-corrected chi connectivity index (χ2v) is 9.26. The maximum absolute atomic E-state index is 12.4. The van der Waals surface area contributed by atoms with Crippen molar-refractivity contribution in [3.8, 4) is 0 Å². The molecule has 1 N–H and O–H groups in total. The summed E-state index contributed by atoms with van der Waals surface area (Å²) in [6.07, 6.45) is 7.44. The van der Waals surface area contributed by atoms with E-state index in [0.717, 1.165) is 44.7 Å². The van der Waals surface area contributed by atoms with E-state index in [1.54, 1.807) is 4.31 Å². The second-order valence-electron chi connectivity index (χ2n) is 7.17. The Hall–Kier alpha value is -0.130. The van der Waals surface area contributed by atoms with Crippen LogP contribution >= 0.6 is 0 Å². The van der Waals surface area contributed by atoms with Gasteiger partial charge in [0.15, 0.2) is 0 Å². The minimum atomic E-state index is -3.04. The molecule has 0 aromatic heterocycles. The van der Waals surface area contributed by atoms with Gasteiger partial charge in [0.25, 0.3) is 0 Å². The number of hydrogen-bond donors (Lipinski definition) is 1. The first-order valence-corrected chi connectivity index (χ1v) is 9.71. The molecule has 118 valence electrons. The van der Waals surface area contributed by atoms with Crippen LogP contribution in [-0.4, -0.2) is 44.2 Å². The third kappa shape index (κ3) is 5.34. The zero-order valence-corrected chi connectivity index (χ0v) is 13.8. The van der Waals surface area contributed by atoms with Crippen molar-refractivity contribution in [2.75, 3.05) is 25.4 Å². The highest BCUT2D eigenvalue weighted by Crippen LogP contribution is 2.30. The fourth-order valence-electron chi connectivity index (χ4n) is 2.81. The Morgan fingerprint density at radius 3 is 2.60 bits per heavy atom. The Labute approximate surface area is 124 Å². The Bertz CT molecular complexity index is 402. The molecule has 1 saturated carbocycles. The van der Waals surface area contributed by atoms with E-state index in [0.29, 0.717) is 24.3 Å². The molecule has 0 aromatic carbocycles. The maximum Gasteiger partial charge on any atom is 0.214 e. The van der Waals surface area contributed by atoms with Crippen molar-refractivity contribution in [2.45, 2.75) is 64.8 Å². The molecule has 0 atom stereocenters. The highest BCUT2D eigenvalue weighted by molar-refractivity contribution is 7.89. The van der Waals surface area contributed by atoms with E-state index in [1.165, 1.54) is 12.8 Å². The van der Waals surface area contributed by atoms with Crippen LogP contribution in [-0.2, 0) is 10.0 Å². The van der Waals surface area contributed by atoms with E-state index < -0.39 is 10.0 Å². The minimum absolute atomic E-state index is 0.290. The molecule has 0 spiro atoms. The molecule has 2 fully saturated rings. The van der Waals surface area contributed by atoms with E-state index in [4.69, 9.17) is 0 Å². The minimum Gasteiger partial charge on any atom is -0.314 e. The molecule has 1 aliphatic carbocycles. The molecule has 2 aliphatic rings. The van der Waals surface area contributed by atoms with Crippen molar-refractivity contribution in [1.82, 2.24) is 9.62 Å². The van der Waals surface area contributed by atoms with Gasteiger partial charge in [-0.05, 0) is 56.9 Å². The molecular formula is C15H30N2O2S. The lowest BCUT2D eigenvalue weighted by Crippen LogP contribution is -2.34. The summed E-state index contributed by atoms with van der Waals surface area (Å²) in [6.45, 7) is 6.87. The monoisotopic (exact) mass is 302 g/mol. The van der Waals surface area contributed by atoms with Gasteiger partial charge in [-0.25, -0.2) is 12.7 Å². The summed E-state index contributed by atoms with van der Waals surface area (Å²) in [5.41, 5.74) is 0.290. The summed E-state index contributed by atoms with van der Waals surface area (Å²) in [4.78, 5) is 0. The first-order valence-electron chi connectivity index (χ1n) is 8.10. The number of nitrogens with one attached hydrogen (secondary N) is 1. The van der Waals surface area contributed by atoms with Gasteiger partial charge in [0.2, 0.25) is 10.0 Å². The van der Waals surface area contributed by atoms with Crippen molar-refractivity contribution in [1.29, 1.82) is 0 Å².